The Balaban J connectivity index is 0.867. The number of aliphatic hydroxyl groups is 1. The molecule has 0 spiro atoms. The van der Waals surface area contributed by atoms with Gasteiger partial charge in [-0.05, 0) is 111 Å². The number of thiazole rings is 1. The van der Waals surface area contributed by atoms with Gasteiger partial charge < -0.3 is 35.0 Å². The van der Waals surface area contributed by atoms with Crippen LogP contribution >= 0.6 is 23.6 Å². The van der Waals surface area contributed by atoms with E-state index in [0.29, 0.717) is 38.5 Å². The van der Waals surface area contributed by atoms with Crippen LogP contribution in [0.25, 0.3) is 10.4 Å². The number of nitriles is 1. The zero-order chi connectivity index (χ0) is 51.0. The van der Waals surface area contributed by atoms with E-state index in [4.69, 9.17) is 21.7 Å². The van der Waals surface area contributed by atoms with Crippen molar-refractivity contribution < 1.29 is 46.9 Å². The average Bonchev–Trinajstić information content (AvgIpc) is 3.98. The van der Waals surface area contributed by atoms with Gasteiger partial charge in [-0.25, -0.2) is 4.98 Å². The molecule has 70 heavy (non-hydrogen) atoms. The van der Waals surface area contributed by atoms with Crippen LogP contribution in [0, 0.1) is 29.6 Å². The van der Waals surface area contributed by atoms with Crippen molar-refractivity contribution in [2.75, 3.05) is 54.6 Å². The molecule has 3 N–H and O–H groups in total. The summed E-state index contributed by atoms with van der Waals surface area (Å²) in [5.74, 6) is -2.17. The predicted molar refractivity (Wildman–Crippen MR) is 266 cm³/mol. The second-order valence-corrected chi connectivity index (χ2v) is 20.3. The van der Waals surface area contributed by atoms with Crippen LogP contribution in [0.3, 0.4) is 0 Å². The first-order chi connectivity index (χ1) is 33.1. The maximum absolute atomic E-state index is 14.0. The molecule has 3 atom stereocenters. The molecule has 374 valence electrons. The predicted octanol–water partition coefficient (Wildman–Crippen LogP) is 8.44. The van der Waals surface area contributed by atoms with Crippen LogP contribution in [-0.4, -0.2) is 101 Å². The molecule has 0 saturated carbocycles. The zero-order valence-corrected chi connectivity index (χ0v) is 41.9. The Labute approximate surface area is 416 Å². The number of aromatic nitrogens is 1. The molecule has 6 rings (SSSR count). The van der Waals surface area contributed by atoms with Crippen LogP contribution in [0.4, 0.5) is 30.2 Å². The number of nitrogens with zero attached hydrogens (tertiary/aromatic N) is 5. The molecule has 2 aliphatic rings. The highest BCUT2D eigenvalue weighted by Gasteiger charge is 2.51. The van der Waals surface area contributed by atoms with Crippen molar-refractivity contribution >= 4 is 69.2 Å². The van der Waals surface area contributed by atoms with Crippen molar-refractivity contribution in [1.82, 2.24) is 15.2 Å². The summed E-state index contributed by atoms with van der Waals surface area (Å²) < 4.78 is 52.6. The fourth-order valence-electron chi connectivity index (χ4n) is 8.52. The fourth-order valence-corrected chi connectivity index (χ4v) is 9.85. The van der Waals surface area contributed by atoms with E-state index in [1.165, 1.54) is 11.0 Å². The number of carbonyl (C=O) groups excluding carboxylic acids is 4. The number of carbonyl (C=O) groups is 4. The van der Waals surface area contributed by atoms with Crippen LogP contribution in [0.1, 0.15) is 89.1 Å². The number of nitrogens with one attached hydrogen (secondary N) is 2. The number of benzene rings is 3. The van der Waals surface area contributed by atoms with E-state index in [1.807, 2.05) is 64.1 Å². The van der Waals surface area contributed by atoms with Crippen molar-refractivity contribution in [3.63, 3.8) is 0 Å². The number of β-amino-alcohol motifs (C(OH)–C–C–N with tert-alkyl or cyclic N) is 1. The Bertz CT molecular complexity index is 2560. The first-order valence-electron chi connectivity index (χ1n) is 23.2. The van der Waals surface area contributed by atoms with Gasteiger partial charge in [-0.2, -0.15) is 18.4 Å². The summed E-state index contributed by atoms with van der Waals surface area (Å²) >= 11 is 7.20. The van der Waals surface area contributed by atoms with E-state index in [1.54, 1.807) is 53.8 Å². The van der Waals surface area contributed by atoms with Crippen molar-refractivity contribution in [3.05, 3.63) is 94.6 Å². The molecule has 0 radical (unpaired) electrons. The van der Waals surface area contributed by atoms with E-state index in [2.05, 4.69) is 15.6 Å². The minimum absolute atomic E-state index is 0.00867. The lowest BCUT2D eigenvalue weighted by atomic mass is 9.77. The Morgan fingerprint density at radius 1 is 0.986 bits per heavy atom. The number of rotatable bonds is 21. The molecule has 19 heteroatoms. The zero-order valence-electron chi connectivity index (χ0n) is 40.2. The van der Waals surface area contributed by atoms with Gasteiger partial charge in [-0.3, -0.25) is 24.1 Å². The normalized spacial score (nSPS) is 17.5. The van der Waals surface area contributed by atoms with Gasteiger partial charge in [-0.1, -0.05) is 45.0 Å². The number of ketones is 1. The number of halogens is 3. The number of aryl methyl sites for hydroxylation is 1. The molecule has 2 fully saturated rings. The molecule has 2 aliphatic heterocycles. The largest absolute Gasteiger partial charge is 0.417 e. The standard InChI is InChI=1S/C51H60F3N7O7S2/c1-32-44(70-31-58-32)34-12-10-33(11-13-34)28-57-45(64)43-26-39(62)29-59(43)46(65)42(49(2,3)4)25-40(63)30-68-23-9-22-67-21-8-7-20-56-36-15-18-37(19-16-36)61-48(69)60(47(66)50(61,5)6)38-17-14-35(27-55)41(24-38)51(52,53)54/h10-19,24,31,39,42-43,56,62H,7-9,20-23,25-26,28-30H2,1-6H3,(H,57,64)/t39-,42?,43+/m1/s1. The average molecular weight is 1000 g/mol. The molecule has 0 bridgehead atoms. The van der Waals surface area contributed by atoms with Gasteiger partial charge in [0, 0.05) is 69.6 Å². The van der Waals surface area contributed by atoms with E-state index in [-0.39, 0.29) is 60.9 Å². The number of hydrogen-bond acceptors (Lipinski definition) is 12. The maximum atomic E-state index is 14.0. The van der Waals surface area contributed by atoms with Gasteiger partial charge >= 0.3 is 6.18 Å². The van der Waals surface area contributed by atoms with Crippen LogP contribution in [0.5, 0.6) is 0 Å². The number of hydrogen-bond donors (Lipinski definition) is 3. The van der Waals surface area contributed by atoms with Crippen molar-refractivity contribution in [2.24, 2.45) is 11.3 Å². The Hall–Kier alpha value is -5.78. The number of anilines is 3. The number of likely N-dealkylation sites (tertiary alicyclic amines) is 1. The molecule has 0 aliphatic carbocycles. The highest BCUT2D eigenvalue weighted by Crippen LogP contribution is 2.40. The Morgan fingerprint density at radius 3 is 2.30 bits per heavy atom. The quantitative estimate of drug-likeness (QED) is 0.0537. The molecule has 14 nitrogen and oxygen atoms in total. The van der Waals surface area contributed by atoms with Crippen LogP contribution in [0.2, 0.25) is 0 Å². The van der Waals surface area contributed by atoms with Crippen LogP contribution in [-0.2, 0) is 41.4 Å². The van der Waals surface area contributed by atoms with Crippen LogP contribution in [0.15, 0.2) is 72.2 Å². The first-order valence-corrected chi connectivity index (χ1v) is 24.5. The van der Waals surface area contributed by atoms with Crippen molar-refractivity contribution in [2.45, 2.75) is 104 Å². The van der Waals surface area contributed by atoms with Gasteiger partial charge in [0.1, 0.15) is 18.2 Å². The molecule has 4 aromatic rings. The number of thiocarbonyl (C=S) groups is 1. The summed E-state index contributed by atoms with van der Waals surface area (Å²) in [7, 11) is 0. The van der Waals surface area contributed by atoms with E-state index in [0.717, 1.165) is 57.3 Å². The van der Waals surface area contributed by atoms with Crippen molar-refractivity contribution in [3.8, 4) is 16.5 Å². The second kappa shape index (κ2) is 23.0. The molecular formula is C51H60F3N7O7S2. The number of ether oxygens (including phenoxy) is 2. The maximum Gasteiger partial charge on any atom is 0.417 e. The molecule has 2 saturated heterocycles. The highest BCUT2D eigenvalue weighted by molar-refractivity contribution is 7.81. The third-order valence-electron chi connectivity index (χ3n) is 12.4. The molecule has 1 aromatic heterocycles. The van der Waals surface area contributed by atoms with E-state index >= 15 is 0 Å². The first kappa shape index (κ1) is 53.6. The number of unbranched alkanes of at least 4 members (excludes halogenated alkanes) is 1. The lowest BCUT2D eigenvalue weighted by Gasteiger charge is -2.34. The third-order valence-corrected chi connectivity index (χ3v) is 13.8. The number of amides is 3. The lowest BCUT2D eigenvalue weighted by Crippen LogP contribution is -2.50. The summed E-state index contributed by atoms with van der Waals surface area (Å²) in [5, 5.41) is 26.1. The highest BCUT2D eigenvalue weighted by atomic mass is 32.1. The minimum Gasteiger partial charge on any atom is -0.391 e. The second-order valence-electron chi connectivity index (χ2n) is 19.1. The third kappa shape index (κ3) is 12.9. The molecule has 3 amide bonds. The minimum atomic E-state index is -4.79. The van der Waals surface area contributed by atoms with Gasteiger partial charge in [0.15, 0.2) is 10.9 Å². The monoisotopic (exact) mass is 1000 g/mol. The number of Topliss-reactive ketones (excluding diaryl/α,β-unsaturated/α-hetero) is 1. The Morgan fingerprint density at radius 2 is 1.66 bits per heavy atom. The van der Waals surface area contributed by atoms with Crippen molar-refractivity contribution in [1.29, 1.82) is 5.26 Å². The summed E-state index contributed by atoms with van der Waals surface area (Å²) in [6.07, 6.45) is -3.45. The molecule has 3 heterocycles. The number of alkyl halides is 3. The van der Waals surface area contributed by atoms with E-state index in [9.17, 15) is 42.7 Å². The summed E-state index contributed by atoms with van der Waals surface area (Å²) in [5.41, 5.74) is 2.53. The number of aliphatic hydroxyl groups excluding tert-OH is 1. The van der Waals surface area contributed by atoms with Gasteiger partial charge in [-0.15, -0.1) is 11.3 Å². The summed E-state index contributed by atoms with van der Waals surface area (Å²) in [4.78, 5) is 63.6. The molecule has 1 unspecified atom stereocenters. The topological polar surface area (TPSA) is 177 Å². The smallest absolute Gasteiger partial charge is 0.391 e. The fraction of sp³-hybridized carbons (Fsp3) is 0.471. The summed E-state index contributed by atoms with van der Waals surface area (Å²) in [6.45, 7) is 12.9. The Kier molecular flexibility index (Phi) is 17.6. The van der Waals surface area contributed by atoms with Gasteiger partial charge in [0.05, 0.1) is 45.1 Å². The molecule has 3 aromatic carbocycles. The molecular weight excluding hydrogens is 944 g/mol. The summed E-state index contributed by atoms with van der Waals surface area (Å²) in [6, 6.07) is 18.8. The van der Waals surface area contributed by atoms with Gasteiger partial charge in [0.2, 0.25) is 11.8 Å². The lowest BCUT2D eigenvalue weighted by molar-refractivity contribution is -0.146. The van der Waals surface area contributed by atoms with Gasteiger partial charge in [0.25, 0.3) is 5.91 Å². The van der Waals surface area contributed by atoms with E-state index < -0.39 is 52.2 Å². The SMILES string of the molecule is Cc1ncsc1-c1ccc(CNC(=O)[C@@H]2C[C@@H](O)CN2C(=O)C(CC(=O)COCCCOCCCCNc2ccc(N3C(=S)N(c4ccc(C#N)c(C(F)(F)F)c4)C(=O)C3(C)C)cc2)C(C)(C)C)cc1. The van der Waals surface area contributed by atoms with Crippen LogP contribution < -0.4 is 20.4 Å².